The van der Waals surface area contributed by atoms with E-state index in [-0.39, 0.29) is 0 Å². The van der Waals surface area contributed by atoms with Crippen molar-refractivity contribution in [3.63, 3.8) is 0 Å². The van der Waals surface area contributed by atoms with Gasteiger partial charge < -0.3 is 0 Å². The number of benzene rings is 1. The van der Waals surface area contributed by atoms with Crippen molar-refractivity contribution < 1.29 is 4.57 Å². The maximum atomic E-state index is 2.56. The van der Waals surface area contributed by atoms with Gasteiger partial charge in [0.25, 0.3) is 5.82 Å². The average Bonchev–Trinajstić information content (AvgIpc) is 3.15. The molecule has 0 spiro atoms. The molecule has 1 aromatic heterocycles. The van der Waals surface area contributed by atoms with Gasteiger partial charge in [-0.25, -0.2) is 9.13 Å². The van der Waals surface area contributed by atoms with Crippen LogP contribution in [0, 0.1) is 0 Å². The third-order valence-corrected chi connectivity index (χ3v) is 6.30. The van der Waals surface area contributed by atoms with Crippen molar-refractivity contribution in [3.05, 3.63) is 54.1 Å². The molecule has 0 unspecified atom stereocenters. The van der Waals surface area contributed by atoms with Crippen molar-refractivity contribution >= 4 is 0 Å². The van der Waals surface area contributed by atoms with Crippen LogP contribution in [-0.4, -0.2) is 4.57 Å². The van der Waals surface area contributed by atoms with Gasteiger partial charge in [0.15, 0.2) is 0 Å². The molecule has 168 valence electrons. The molecule has 30 heavy (non-hydrogen) atoms. The monoisotopic (exact) mass is 411 g/mol. The van der Waals surface area contributed by atoms with Gasteiger partial charge in [-0.05, 0) is 37.7 Å². The van der Waals surface area contributed by atoms with Crippen LogP contribution in [0.2, 0.25) is 0 Å². The van der Waals surface area contributed by atoms with Crippen LogP contribution in [0.15, 0.2) is 42.7 Å². The van der Waals surface area contributed by atoms with E-state index in [2.05, 4.69) is 65.7 Å². The van der Waals surface area contributed by atoms with Crippen LogP contribution >= 0.6 is 0 Å². The molecular formula is C28H47N2+. The van der Waals surface area contributed by atoms with Crippen LogP contribution in [0.5, 0.6) is 0 Å². The van der Waals surface area contributed by atoms with Gasteiger partial charge in [0, 0.05) is 6.42 Å². The second-order valence-electron chi connectivity index (χ2n) is 8.98. The fourth-order valence-electron chi connectivity index (χ4n) is 4.42. The van der Waals surface area contributed by atoms with Gasteiger partial charge in [0.1, 0.15) is 12.4 Å². The summed E-state index contributed by atoms with van der Waals surface area (Å²) in [7, 11) is 0. The highest BCUT2D eigenvalue weighted by molar-refractivity contribution is 5.14. The molecule has 0 aliphatic rings. The molecule has 0 fully saturated rings. The molecule has 0 saturated heterocycles. The van der Waals surface area contributed by atoms with Crippen molar-refractivity contribution in [3.8, 4) is 0 Å². The molecule has 0 bridgehead atoms. The molecule has 0 atom stereocenters. The van der Waals surface area contributed by atoms with Crippen LogP contribution < -0.4 is 4.57 Å². The van der Waals surface area contributed by atoms with E-state index >= 15 is 0 Å². The minimum atomic E-state index is 1.14. The highest BCUT2D eigenvalue weighted by Gasteiger charge is 2.16. The largest absolute Gasteiger partial charge is 0.256 e. The molecule has 0 saturated carbocycles. The fourth-order valence-corrected chi connectivity index (χ4v) is 4.42. The van der Waals surface area contributed by atoms with E-state index in [0.717, 1.165) is 6.54 Å². The number of nitrogens with zero attached hydrogens (tertiary/aromatic N) is 2. The van der Waals surface area contributed by atoms with Gasteiger partial charge in [0.2, 0.25) is 0 Å². The highest BCUT2D eigenvalue weighted by Crippen LogP contribution is 2.12. The lowest BCUT2D eigenvalue weighted by molar-refractivity contribution is -0.704. The molecule has 2 nitrogen and oxygen atoms in total. The summed E-state index contributed by atoms with van der Waals surface area (Å²) in [6.07, 6.45) is 24.9. The smallest absolute Gasteiger partial charge is 0.234 e. The quantitative estimate of drug-likeness (QED) is 0.176. The van der Waals surface area contributed by atoms with Gasteiger partial charge in [-0.15, -0.1) is 0 Å². The molecule has 2 rings (SSSR count). The molecule has 1 aromatic carbocycles. The van der Waals surface area contributed by atoms with Gasteiger partial charge in [-0.2, -0.15) is 0 Å². The first-order valence-corrected chi connectivity index (χ1v) is 13.0. The van der Waals surface area contributed by atoms with Crippen molar-refractivity contribution in [1.82, 2.24) is 4.57 Å². The Labute approximate surface area is 186 Å². The third-order valence-electron chi connectivity index (χ3n) is 6.30. The first-order chi connectivity index (χ1) is 14.8. The molecule has 0 radical (unpaired) electrons. The topological polar surface area (TPSA) is 8.81 Å². The van der Waals surface area contributed by atoms with Crippen molar-refractivity contribution in [2.24, 2.45) is 0 Å². The summed E-state index contributed by atoms with van der Waals surface area (Å²) in [5.41, 5.74) is 1.46. The molecular weight excluding hydrogens is 364 g/mol. The Hall–Kier alpha value is -1.57. The molecule has 0 N–H and O–H groups in total. The minimum Gasteiger partial charge on any atom is -0.234 e. The Morgan fingerprint density at radius 3 is 2.00 bits per heavy atom. The number of rotatable bonds is 18. The zero-order valence-electron chi connectivity index (χ0n) is 20.0. The molecule has 0 aliphatic heterocycles. The molecule has 1 heterocycles. The Bertz CT molecular complexity index is 644. The summed E-state index contributed by atoms with van der Waals surface area (Å²) in [6.45, 7) is 6.94. The maximum Gasteiger partial charge on any atom is 0.256 e. The minimum absolute atomic E-state index is 1.14. The van der Waals surface area contributed by atoms with E-state index < -0.39 is 0 Å². The van der Waals surface area contributed by atoms with E-state index in [1.54, 1.807) is 5.82 Å². The van der Waals surface area contributed by atoms with E-state index in [9.17, 15) is 0 Å². The van der Waals surface area contributed by atoms with Crippen molar-refractivity contribution in [1.29, 1.82) is 0 Å². The van der Waals surface area contributed by atoms with Gasteiger partial charge in [-0.1, -0.05) is 102 Å². The van der Waals surface area contributed by atoms with E-state index in [1.807, 2.05) is 0 Å². The molecule has 2 heteroatoms. The van der Waals surface area contributed by atoms with E-state index in [4.69, 9.17) is 0 Å². The van der Waals surface area contributed by atoms with Crippen LogP contribution in [0.4, 0.5) is 0 Å². The lowest BCUT2D eigenvalue weighted by Crippen LogP contribution is -2.37. The maximum absolute atomic E-state index is 2.56. The van der Waals surface area contributed by atoms with E-state index in [1.165, 1.54) is 108 Å². The van der Waals surface area contributed by atoms with Crippen LogP contribution in [0.1, 0.15) is 109 Å². The van der Waals surface area contributed by atoms with Crippen molar-refractivity contribution in [2.75, 3.05) is 0 Å². The van der Waals surface area contributed by atoms with Crippen LogP contribution in [0.25, 0.3) is 0 Å². The Balaban J connectivity index is 1.79. The summed E-state index contributed by atoms with van der Waals surface area (Å²) in [5, 5.41) is 0. The summed E-state index contributed by atoms with van der Waals surface area (Å²) in [4.78, 5) is 0. The highest BCUT2D eigenvalue weighted by atomic mass is 15.1. The summed E-state index contributed by atoms with van der Waals surface area (Å²) in [5.74, 6) is 1.56. The number of aromatic nitrogens is 2. The summed E-state index contributed by atoms with van der Waals surface area (Å²) in [6, 6.07) is 10.9. The standard InChI is InChI=1S/C28H47N2/c1-3-5-7-9-10-11-12-17-23-29-25-26-30(28(29)22-16-8-6-4-2)24-18-21-27-19-14-13-15-20-27/h13-15,19-20,25-26H,3-12,16-18,21-24H2,1-2H3/q+1. The van der Waals surface area contributed by atoms with E-state index in [0.29, 0.717) is 0 Å². The number of hydrogen-bond donors (Lipinski definition) is 0. The van der Waals surface area contributed by atoms with Crippen LogP contribution in [-0.2, 0) is 25.9 Å². The number of imidazole rings is 1. The molecule has 2 aromatic rings. The first kappa shape index (κ1) is 24.7. The Morgan fingerprint density at radius 1 is 0.667 bits per heavy atom. The average molecular weight is 412 g/mol. The lowest BCUT2D eigenvalue weighted by atomic mass is 10.1. The van der Waals surface area contributed by atoms with Crippen LogP contribution in [0.3, 0.4) is 0 Å². The lowest BCUT2D eigenvalue weighted by Gasteiger charge is -2.07. The third kappa shape index (κ3) is 9.96. The summed E-state index contributed by atoms with van der Waals surface area (Å²) < 4.78 is 5.10. The molecule has 0 amide bonds. The van der Waals surface area contributed by atoms with Gasteiger partial charge in [-0.3, -0.25) is 0 Å². The van der Waals surface area contributed by atoms with Gasteiger partial charge in [0.05, 0.1) is 13.1 Å². The number of aryl methyl sites for hydroxylation is 3. The predicted octanol–water partition coefficient (Wildman–Crippen LogP) is 7.67. The fraction of sp³-hybridized carbons (Fsp3) is 0.679. The second-order valence-corrected chi connectivity index (χ2v) is 8.98. The SMILES string of the molecule is CCCCCCCCCCn1cc[n+](CCCc2ccccc2)c1CCCCCC. The first-order valence-electron chi connectivity index (χ1n) is 13.0. The zero-order chi connectivity index (χ0) is 21.3. The normalized spacial score (nSPS) is 11.3. The van der Waals surface area contributed by atoms with Gasteiger partial charge >= 0.3 is 0 Å². The van der Waals surface area contributed by atoms with Crippen molar-refractivity contribution in [2.45, 2.75) is 123 Å². The summed E-state index contributed by atoms with van der Waals surface area (Å²) >= 11 is 0. The number of unbranched alkanes of at least 4 members (excludes halogenated alkanes) is 10. The number of hydrogen-bond acceptors (Lipinski definition) is 0. The Morgan fingerprint density at radius 2 is 1.30 bits per heavy atom. The molecule has 0 aliphatic carbocycles. The zero-order valence-corrected chi connectivity index (χ0v) is 20.0. The predicted molar refractivity (Wildman–Crippen MR) is 130 cm³/mol. The second kappa shape index (κ2) is 16.2. The Kier molecular flexibility index (Phi) is 13.3.